The standard InChI is InChI=1S/C21H24ClN3OS/c1-13-6-8-17(9-7-13)12-27-21-24-23-20(25(21)5)16(4)26-18-10-14(2)19(22)15(3)11-18/h6-11,16H,12H2,1-5H3. The van der Waals surface area contributed by atoms with Crippen molar-refractivity contribution in [2.45, 2.75) is 44.7 Å². The second kappa shape index (κ2) is 8.36. The van der Waals surface area contributed by atoms with Gasteiger partial charge in [-0.25, -0.2) is 0 Å². The maximum absolute atomic E-state index is 6.24. The highest BCUT2D eigenvalue weighted by Crippen LogP contribution is 2.29. The molecule has 0 bridgehead atoms. The molecule has 3 aromatic rings. The topological polar surface area (TPSA) is 39.9 Å². The Morgan fingerprint density at radius 1 is 1.07 bits per heavy atom. The van der Waals surface area contributed by atoms with Gasteiger partial charge in [0.2, 0.25) is 0 Å². The van der Waals surface area contributed by atoms with Crippen molar-refractivity contribution in [3.8, 4) is 5.75 Å². The summed E-state index contributed by atoms with van der Waals surface area (Å²) >= 11 is 7.91. The molecule has 0 spiro atoms. The number of halogens is 1. The van der Waals surface area contributed by atoms with Crippen molar-refractivity contribution in [1.29, 1.82) is 0 Å². The first-order chi connectivity index (χ1) is 12.8. The van der Waals surface area contributed by atoms with E-state index >= 15 is 0 Å². The zero-order valence-electron chi connectivity index (χ0n) is 16.3. The lowest BCUT2D eigenvalue weighted by Gasteiger charge is -2.16. The van der Waals surface area contributed by atoms with E-state index in [0.29, 0.717) is 0 Å². The fourth-order valence-electron chi connectivity index (χ4n) is 2.87. The summed E-state index contributed by atoms with van der Waals surface area (Å²) in [5, 5.41) is 10.3. The monoisotopic (exact) mass is 401 g/mol. The molecule has 2 aromatic carbocycles. The van der Waals surface area contributed by atoms with Crippen LogP contribution < -0.4 is 4.74 Å². The first kappa shape index (κ1) is 19.8. The molecular formula is C21H24ClN3OS. The molecule has 27 heavy (non-hydrogen) atoms. The number of benzene rings is 2. The first-order valence-electron chi connectivity index (χ1n) is 8.86. The van der Waals surface area contributed by atoms with Crippen molar-refractivity contribution >= 4 is 23.4 Å². The van der Waals surface area contributed by atoms with Crippen LogP contribution in [0.15, 0.2) is 41.6 Å². The van der Waals surface area contributed by atoms with E-state index in [1.807, 2.05) is 44.5 Å². The minimum absolute atomic E-state index is 0.212. The smallest absolute Gasteiger partial charge is 0.191 e. The van der Waals surface area contributed by atoms with Crippen LogP contribution in [-0.4, -0.2) is 14.8 Å². The number of aryl methyl sites for hydroxylation is 3. The highest BCUT2D eigenvalue weighted by Gasteiger charge is 2.18. The highest BCUT2D eigenvalue weighted by atomic mass is 35.5. The largest absolute Gasteiger partial charge is 0.483 e. The summed E-state index contributed by atoms with van der Waals surface area (Å²) in [7, 11) is 1.98. The van der Waals surface area contributed by atoms with Crippen LogP contribution in [0.4, 0.5) is 0 Å². The molecule has 3 rings (SSSR count). The van der Waals surface area contributed by atoms with Crippen LogP contribution in [0, 0.1) is 20.8 Å². The fourth-order valence-corrected chi connectivity index (χ4v) is 3.85. The predicted molar refractivity (Wildman–Crippen MR) is 112 cm³/mol. The average Bonchev–Trinajstić information content (AvgIpc) is 3.00. The van der Waals surface area contributed by atoms with E-state index < -0.39 is 0 Å². The molecular weight excluding hydrogens is 378 g/mol. The van der Waals surface area contributed by atoms with Crippen molar-refractivity contribution in [2.24, 2.45) is 7.05 Å². The van der Waals surface area contributed by atoms with Crippen molar-refractivity contribution in [1.82, 2.24) is 14.8 Å². The Labute approximate surface area is 169 Å². The zero-order chi connectivity index (χ0) is 19.6. The summed E-state index contributed by atoms with van der Waals surface area (Å²) in [6, 6.07) is 12.5. The van der Waals surface area contributed by atoms with Gasteiger partial charge in [-0.2, -0.15) is 0 Å². The van der Waals surface area contributed by atoms with Gasteiger partial charge < -0.3 is 9.30 Å². The Hall–Kier alpha value is -1.98. The normalized spacial score (nSPS) is 12.2. The molecule has 0 N–H and O–H groups in total. The van der Waals surface area contributed by atoms with Gasteiger partial charge in [0.1, 0.15) is 5.75 Å². The molecule has 4 nitrogen and oxygen atoms in total. The van der Waals surface area contributed by atoms with Crippen LogP contribution in [0.3, 0.4) is 0 Å². The van der Waals surface area contributed by atoms with E-state index in [1.54, 1.807) is 11.8 Å². The van der Waals surface area contributed by atoms with Crippen LogP contribution >= 0.6 is 23.4 Å². The van der Waals surface area contributed by atoms with Gasteiger partial charge in [0, 0.05) is 17.8 Å². The number of thioether (sulfide) groups is 1. The predicted octanol–water partition coefficient (Wildman–Crippen LogP) is 5.83. The van der Waals surface area contributed by atoms with Gasteiger partial charge >= 0.3 is 0 Å². The SMILES string of the molecule is Cc1ccc(CSc2nnc(C(C)Oc3cc(C)c(Cl)c(C)c3)n2C)cc1. The summed E-state index contributed by atoms with van der Waals surface area (Å²) in [5.74, 6) is 2.45. The van der Waals surface area contributed by atoms with Gasteiger partial charge in [-0.05, 0) is 56.5 Å². The molecule has 0 aliphatic carbocycles. The van der Waals surface area contributed by atoms with Crippen LogP contribution in [0.25, 0.3) is 0 Å². The number of rotatable bonds is 6. The maximum atomic E-state index is 6.24. The first-order valence-corrected chi connectivity index (χ1v) is 10.2. The summed E-state index contributed by atoms with van der Waals surface area (Å²) in [4.78, 5) is 0. The molecule has 142 valence electrons. The van der Waals surface area contributed by atoms with Gasteiger partial charge in [-0.3, -0.25) is 0 Å². The second-order valence-corrected chi connectivity index (χ2v) is 8.13. The molecule has 0 aliphatic heterocycles. The van der Waals surface area contributed by atoms with Crippen molar-refractivity contribution in [3.63, 3.8) is 0 Å². The van der Waals surface area contributed by atoms with E-state index in [0.717, 1.165) is 38.6 Å². The summed E-state index contributed by atoms with van der Waals surface area (Å²) in [5.41, 5.74) is 4.55. The van der Waals surface area contributed by atoms with Crippen LogP contribution in [0.5, 0.6) is 5.75 Å². The molecule has 1 atom stereocenters. The molecule has 0 aliphatic rings. The van der Waals surface area contributed by atoms with Gasteiger partial charge in [0.15, 0.2) is 17.1 Å². The third kappa shape index (κ3) is 4.66. The van der Waals surface area contributed by atoms with Crippen molar-refractivity contribution in [3.05, 3.63) is 69.5 Å². The van der Waals surface area contributed by atoms with E-state index in [2.05, 4.69) is 41.4 Å². The third-order valence-corrected chi connectivity index (χ3v) is 6.13. The van der Waals surface area contributed by atoms with Gasteiger partial charge in [0.25, 0.3) is 0 Å². The average molecular weight is 402 g/mol. The Balaban J connectivity index is 1.69. The number of aromatic nitrogens is 3. The third-order valence-electron chi connectivity index (χ3n) is 4.44. The zero-order valence-corrected chi connectivity index (χ0v) is 17.9. The number of hydrogen-bond donors (Lipinski definition) is 0. The Morgan fingerprint density at radius 3 is 2.33 bits per heavy atom. The number of ether oxygens (including phenoxy) is 1. The van der Waals surface area contributed by atoms with Crippen molar-refractivity contribution in [2.75, 3.05) is 0 Å². The fraction of sp³-hybridized carbons (Fsp3) is 0.333. The Kier molecular flexibility index (Phi) is 6.12. The lowest BCUT2D eigenvalue weighted by atomic mass is 10.1. The molecule has 1 heterocycles. The molecule has 1 unspecified atom stereocenters. The minimum atomic E-state index is -0.212. The van der Waals surface area contributed by atoms with E-state index in [-0.39, 0.29) is 6.10 Å². The molecule has 0 saturated heterocycles. The van der Waals surface area contributed by atoms with Gasteiger partial charge in [-0.1, -0.05) is 53.2 Å². The molecule has 0 radical (unpaired) electrons. The summed E-state index contributed by atoms with van der Waals surface area (Å²) in [6.07, 6.45) is -0.212. The summed E-state index contributed by atoms with van der Waals surface area (Å²) < 4.78 is 8.10. The molecule has 0 fully saturated rings. The number of nitrogens with zero attached hydrogens (tertiary/aromatic N) is 3. The van der Waals surface area contributed by atoms with Crippen LogP contribution in [-0.2, 0) is 12.8 Å². The lowest BCUT2D eigenvalue weighted by Crippen LogP contribution is -2.10. The molecule has 0 amide bonds. The molecule has 6 heteroatoms. The Morgan fingerprint density at radius 2 is 1.70 bits per heavy atom. The maximum Gasteiger partial charge on any atom is 0.191 e. The van der Waals surface area contributed by atoms with Crippen LogP contribution in [0.2, 0.25) is 5.02 Å². The quantitative estimate of drug-likeness (QED) is 0.487. The van der Waals surface area contributed by atoms with E-state index in [1.165, 1.54) is 11.1 Å². The van der Waals surface area contributed by atoms with E-state index in [4.69, 9.17) is 16.3 Å². The second-order valence-electron chi connectivity index (χ2n) is 6.81. The van der Waals surface area contributed by atoms with Gasteiger partial charge in [0.05, 0.1) is 0 Å². The highest BCUT2D eigenvalue weighted by molar-refractivity contribution is 7.98. The van der Waals surface area contributed by atoms with Crippen molar-refractivity contribution < 1.29 is 4.74 Å². The summed E-state index contributed by atoms with van der Waals surface area (Å²) in [6.45, 7) is 8.04. The molecule has 0 saturated carbocycles. The Bertz CT molecular complexity index is 914. The van der Waals surface area contributed by atoms with Gasteiger partial charge in [-0.15, -0.1) is 10.2 Å². The molecule has 1 aromatic heterocycles. The van der Waals surface area contributed by atoms with E-state index in [9.17, 15) is 0 Å². The number of hydrogen-bond acceptors (Lipinski definition) is 4. The lowest BCUT2D eigenvalue weighted by molar-refractivity contribution is 0.211. The minimum Gasteiger partial charge on any atom is -0.483 e. The van der Waals surface area contributed by atoms with Crippen LogP contribution in [0.1, 0.15) is 41.1 Å².